The molecule has 1 unspecified atom stereocenters. The Labute approximate surface area is 227 Å². The summed E-state index contributed by atoms with van der Waals surface area (Å²) in [4.78, 5) is 16.8. The van der Waals surface area contributed by atoms with E-state index < -0.39 is 8.07 Å². The van der Waals surface area contributed by atoms with Crippen molar-refractivity contribution in [2.24, 2.45) is 5.92 Å². The number of para-hydroxylation sites is 2. The first kappa shape index (κ1) is 26.0. The minimum atomic E-state index is -1.16. The Balaban J connectivity index is 1.28. The highest BCUT2D eigenvalue weighted by Crippen LogP contribution is 2.40. The summed E-state index contributed by atoms with van der Waals surface area (Å²) in [5, 5.41) is 2.42. The van der Waals surface area contributed by atoms with E-state index >= 15 is 0 Å². The van der Waals surface area contributed by atoms with Gasteiger partial charge in [0.2, 0.25) is 5.95 Å². The predicted molar refractivity (Wildman–Crippen MR) is 153 cm³/mol. The lowest BCUT2D eigenvalue weighted by Gasteiger charge is -2.24. The predicted octanol–water partition coefficient (Wildman–Crippen LogP) is 5.91. The summed E-state index contributed by atoms with van der Waals surface area (Å²) in [6, 6.07) is 16.0. The summed E-state index contributed by atoms with van der Waals surface area (Å²) < 4.78 is 14.4. The van der Waals surface area contributed by atoms with Crippen molar-refractivity contribution in [1.82, 2.24) is 19.5 Å². The van der Waals surface area contributed by atoms with Gasteiger partial charge in [0, 0.05) is 37.6 Å². The molecule has 2 N–H and O–H groups in total. The van der Waals surface area contributed by atoms with Gasteiger partial charge in [-0.25, -0.2) is 4.98 Å². The monoisotopic (exact) mass is 556 g/mol. The van der Waals surface area contributed by atoms with Gasteiger partial charge in [0.25, 0.3) is 6.01 Å². The highest BCUT2D eigenvalue weighted by Gasteiger charge is 2.43. The van der Waals surface area contributed by atoms with Gasteiger partial charge in [-0.15, -0.1) is 11.3 Å². The summed E-state index contributed by atoms with van der Waals surface area (Å²) in [6.45, 7) is 9.53. The molecule has 37 heavy (non-hydrogen) atoms. The maximum Gasteiger partial charge on any atom is 0.299 e. The molecule has 1 aliphatic rings. The SMILES string of the molecule is C[Si](C)(C)CCOCn1c(OCC2C[C@@H]2N(Cc2cccs2)c2cc(Cl)nc(N)n2)nc2ccccc21. The molecule has 1 aliphatic carbocycles. The number of aromatic nitrogens is 4. The van der Waals surface area contributed by atoms with E-state index in [-0.39, 0.29) is 12.0 Å². The molecule has 3 aromatic heterocycles. The van der Waals surface area contributed by atoms with Gasteiger partial charge in [0.05, 0.1) is 24.2 Å². The molecule has 1 fully saturated rings. The van der Waals surface area contributed by atoms with Crippen LogP contribution in [0.5, 0.6) is 6.01 Å². The number of halogens is 1. The average molecular weight is 557 g/mol. The Bertz CT molecular complexity index is 1320. The number of hydrogen-bond donors (Lipinski definition) is 1. The van der Waals surface area contributed by atoms with Crippen LogP contribution in [0.1, 0.15) is 11.3 Å². The summed E-state index contributed by atoms with van der Waals surface area (Å²) in [5.41, 5.74) is 7.84. The van der Waals surface area contributed by atoms with Crippen LogP contribution in [-0.2, 0) is 18.0 Å². The first-order chi connectivity index (χ1) is 17.8. The molecule has 2 atom stereocenters. The molecule has 5 rings (SSSR count). The van der Waals surface area contributed by atoms with Crippen LogP contribution in [0.3, 0.4) is 0 Å². The van der Waals surface area contributed by atoms with Crippen molar-refractivity contribution in [1.29, 1.82) is 0 Å². The van der Waals surface area contributed by atoms with E-state index in [1.807, 2.05) is 22.8 Å². The van der Waals surface area contributed by atoms with Gasteiger partial charge < -0.3 is 20.1 Å². The van der Waals surface area contributed by atoms with Crippen LogP contribution in [-0.4, -0.2) is 46.8 Å². The molecule has 1 saturated carbocycles. The first-order valence-corrected chi connectivity index (χ1v) is 17.5. The molecule has 4 aromatic rings. The molecule has 11 heteroatoms. The van der Waals surface area contributed by atoms with Crippen molar-refractivity contribution in [3.63, 3.8) is 0 Å². The van der Waals surface area contributed by atoms with Gasteiger partial charge in [0.15, 0.2) is 0 Å². The number of rotatable bonds is 12. The molecule has 0 saturated heterocycles. The van der Waals surface area contributed by atoms with Gasteiger partial charge in [0.1, 0.15) is 17.7 Å². The Morgan fingerprint density at radius 3 is 2.76 bits per heavy atom. The van der Waals surface area contributed by atoms with Gasteiger partial charge in [-0.2, -0.15) is 9.97 Å². The fourth-order valence-electron chi connectivity index (χ4n) is 4.31. The molecular formula is C26H33ClN6O2SSi. The number of ether oxygens (including phenoxy) is 2. The van der Waals surface area contributed by atoms with Crippen molar-refractivity contribution in [3.05, 3.63) is 57.9 Å². The Kier molecular flexibility index (Phi) is 7.71. The minimum absolute atomic E-state index is 0.176. The van der Waals surface area contributed by atoms with Crippen LogP contribution in [0.4, 0.5) is 11.8 Å². The Morgan fingerprint density at radius 1 is 1.16 bits per heavy atom. The molecule has 0 spiro atoms. The van der Waals surface area contributed by atoms with E-state index in [1.165, 1.54) is 4.88 Å². The van der Waals surface area contributed by atoms with Crippen molar-refractivity contribution < 1.29 is 9.47 Å². The summed E-state index contributed by atoms with van der Waals surface area (Å²) in [5.74, 6) is 1.24. The Morgan fingerprint density at radius 2 is 2.00 bits per heavy atom. The second-order valence-corrected chi connectivity index (χ2v) is 17.7. The number of hydrogen-bond acceptors (Lipinski definition) is 8. The van der Waals surface area contributed by atoms with E-state index in [2.05, 4.69) is 58.1 Å². The van der Waals surface area contributed by atoms with E-state index in [0.717, 1.165) is 42.5 Å². The zero-order valence-electron chi connectivity index (χ0n) is 21.4. The van der Waals surface area contributed by atoms with Crippen LogP contribution >= 0.6 is 22.9 Å². The Hall–Kier alpha value is -2.66. The maximum absolute atomic E-state index is 6.32. The quantitative estimate of drug-likeness (QED) is 0.132. The molecule has 0 radical (unpaired) electrons. The molecular weight excluding hydrogens is 524 g/mol. The number of nitrogens with two attached hydrogens (primary N) is 1. The average Bonchev–Trinajstić information content (AvgIpc) is 3.24. The van der Waals surface area contributed by atoms with Crippen LogP contribution in [0.15, 0.2) is 47.8 Å². The largest absolute Gasteiger partial charge is 0.464 e. The van der Waals surface area contributed by atoms with E-state index in [1.54, 1.807) is 17.4 Å². The highest BCUT2D eigenvalue weighted by atomic mass is 35.5. The maximum atomic E-state index is 6.32. The summed E-state index contributed by atoms with van der Waals surface area (Å²) in [6.07, 6.45) is 0.986. The molecule has 0 aliphatic heterocycles. The van der Waals surface area contributed by atoms with E-state index in [9.17, 15) is 0 Å². The van der Waals surface area contributed by atoms with Gasteiger partial charge >= 0.3 is 0 Å². The number of thiophene rings is 1. The lowest BCUT2D eigenvalue weighted by molar-refractivity contribution is 0.0811. The lowest BCUT2D eigenvalue weighted by atomic mass is 10.3. The molecule has 0 amide bonds. The minimum Gasteiger partial charge on any atom is -0.464 e. The van der Waals surface area contributed by atoms with Gasteiger partial charge in [-0.05, 0) is 36.0 Å². The van der Waals surface area contributed by atoms with Crippen LogP contribution in [0.2, 0.25) is 30.8 Å². The second-order valence-electron chi connectivity index (χ2n) is 10.6. The van der Waals surface area contributed by atoms with Crippen LogP contribution in [0, 0.1) is 5.92 Å². The third-order valence-electron chi connectivity index (χ3n) is 6.45. The van der Waals surface area contributed by atoms with Crippen molar-refractivity contribution in [2.75, 3.05) is 23.8 Å². The molecule has 196 valence electrons. The molecule has 3 heterocycles. The first-order valence-electron chi connectivity index (χ1n) is 12.5. The lowest BCUT2D eigenvalue weighted by Crippen LogP contribution is -2.28. The van der Waals surface area contributed by atoms with E-state index in [0.29, 0.717) is 30.4 Å². The van der Waals surface area contributed by atoms with Crippen LogP contribution < -0.4 is 15.4 Å². The smallest absolute Gasteiger partial charge is 0.299 e. The standard InChI is InChI=1S/C26H33ClN6O2SSi/c1-37(2,3)12-10-34-17-33-21-9-5-4-8-20(21)29-26(33)35-16-18-13-22(18)32(15-19-7-6-11-36-19)24-14-23(27)30-25(28)31-24/h4-9,11,14,18,22H,10,12-13,15-17H2,1-3H3,(H2,28,30,31)/t18?,22-/m0/s1. The number of benzene rings is 1. The zero-order valence-corrected chi connectivity index (χ0v) is 24.0. The number of imidazole rings is 1. The summed E-state index contributed by atoms with van der Waals surface area (Å²) in [7, 11) is -1.16. The number of fused-ring (bicyclic) bond motifs is 1. The fourth-order valence-corrected chi connectivity index (χ4v) is 5.95. The van der Waals surface area contributed by atoms with Crippen LogP contribution in [0.25, 0.3) is 11.0 Å². The molecule has 1 aromatic carbocycles. The fraction of sp³-hybridized carbons (Fsp3) is 0.423. The third-order valence-corrected chi connectivity index (χ3v) is 9.21. The van der Waals surface area contributed by atoms with Crippen molar-refractivity contribution in [2.45, 2.75) is 51.4 Å². The second kappa shape index (κ2) is 11.0. The normalized spacial score (nSPS) is 17.3. The summed E-state index contributed by atoms with van der Waals surface area (Å²) >= 11 is 7.93. The van der Waals surface area contributed by atoms with Crippen molar-refractivity contribution in [3.8, 4) is 6.01 Å². The van der Waals surface area contributed by atoms with Crippen molar-refractivity contribution >= 4 is 53.8 Å². The number of nitrogens with zero attached hydrogens (tertiary/aromatic N) is 5. The highest BCUT2D eigenvalue weighted by molar-refractivity contribution is 7.09. The number of nitrogen functional groups attached to an aromatic ring is 1. The molecule has 8 nitrogen and oxygen atoms in total. The van der Waals surface area contributed by atoms with E-state index in [4.69, 9.17) is 31.8 Å². The zero-order chi connectivity index (χ0) is 26.0. The molecule has 0 bridgehead atoms. The van der Waals surface area contributed by atoms with Gasteiger partial charge in [-0.1, -0.05) is 49.4 Å². The topological polar surface area (TPSA) is 91.3 Å². The number of anilines is 2. The van der Waals surface area contributed by atoms with Gasteiger partial charge in [-0.3, -0.25) is 4.57 Å². The third kappa shape index (κ3) is 6.62.